The lowest BCUT2D eigenvalue weighted by Gasteiger charge is -2.10. The van der Waals surface area contributed by atoms with Crippen molar-refractivity contribution >= 4 is 27.5 Å². The number of hydrogen-bond donors (Lipinski definition) is 3. The number of methoxy groups -OCH3 is 1. The number of carbonyl (C=O) groups is 1. The molecule has 1 aromatic rings. The van der Waals surface area contributed by atoms with Gasteiger partial charge in [-0.1, -0.05) is 0 Å². The molecule has 4 N–H and O–H groups in total. The van der Waals surface area contributed by atoms with E-state index in [2.05, 4.69) is 26.6 Å². The van der Waals surface area contributed by atoms with Gasteiger partial charge in [0.15, 0.2) is 0 Å². The van der Waals surface area contributed by atoms with Gasteiger partial charge in [-0.15, -0.1) is 0 Å². The van der Waals surface area contributed by atoms with Gasteiger partial charge in [0.2, 0.25) is 5.91 Å². The topological polar surface area (TPSA) is 76.4 Å². The van der Waals surface area contributed by atoms with E-state index in [9.17, 15) is 4.79 Å². The molecule has 1 amide bonds. The van der Waals surface area contributed by atoms with Gasteiger partial charge >= 0.3 is 0 Å². The number of benzene rings is 1. The fourth-order valence-corrected chi connectivity index (χ4v) is 1.92. The molecule has 0 bridgehead atoms. The van der Waals surface area contributed by atoms with Crippen LogP contribution >= 0.6 is 15.9 Å². The molecular weight excluding hydrogens is 298 g/mol. The van der Waals surface area contributed by atoms with Crippen molar-refractivity contribution in [2.24, 2.45) is 5.73 Å². The second-order valence-corrected chi connectivity index (χ2v) is 4.58. The number of carbonyl (C=O) groups excluding carboxylic acids is 1. The molecule has 0 unspecified atom stereocenters. The standard InChI is InChI=1S/C12H18BrN3O2/c1-18-7-6-15-4-5-16-11-3-2-9(12(14)17)8-10(11)13/h2-3,8,15-16H,4-7H2,1H3,(H2,14,17). The summed E-state index contributed by atoms with van der Waals surface area (Å²) in [6, 6.07) is 5.25. The Kier molecular flexibility index (Phi) is 6.70. The van der Waals surface area contributed by atoms with Crippen LogP contribution in [-0.4, -0.2) is 39.3 Å². The van der Waals surface area contributed by atoms with Gasteiger partial charge < -0.3 is 21.1 Å². The van der Waals surface area contributed by atoms with Crippen molar-refractivity contribution in [2.75, 3.05) is 38.7 Å². The molecule has 0 aromatic heterocycles. The maximum Gasteiger partial charge on any atom is 0.248 e. The van der Waals surface area contributed by atoms with Crippen LogP contribution in [0, 0.1) is 0 Å². The van der Waals surface area contributed by atoms with Gasteiger partial charge in [0, 0.05) is 42.5 Å². The van der Waals surface area contributed by atoms with E-state index in [1.807, 2.05) is 6.07 Å². The minimum atomic E-state index is -0.427. The summed E-state index contributed by atoms with van der Waals surface area (Å²) in [5.74, 6) is -0.427. The number of anilines is 1. The van der Waals surface area contributed by atoms with Crippen molar-refractivity contribution in [1.82, 2.24) is 5.32 Å². The SMILES string of the molecule is COCCNCCNc1ccc(C(N)=O)cc1Br. The van der Waals surface area contributed by atoms with Crippen LogP contribution < -0.4 is 16.4 Å². The van der Waals surface area contributed by atoms with Crippen LogP contribution in [0.25, 0.3) is 0 Å². The van der Waals surface area contributed by atoms with Crippen LogP contribution in [0.5, 0.6) is 0 Å². The summed E-state index contributed by atoms with van der Waals surface area (Å²) in [5, 5.41) is 6.48. The molecule has 0 spiro atoms. The van der Waals surface area contributed by atoms with E-state index in [-0.39, 0.29) is 0 Å². The van der Waals surface area contributed by atoms with E-state index in [4.69, 9.17) is 10.5 Å². The summed E-state index contributed by atoms with van der Waals surface area (Å²) in [6.45, 7) is 3.17. The smallest absolute Gasteiger partial charge is 0.248 e. The van der Waals surface area contributed by atoms with Gasteiger partial charge in [-0.25, -0.2) is 0 Å². The van der Waals surface area contributed by atoms with Gasteiger partial charge in [0.1, 0.15) is 0 Å². The molecule has 0 radical (unpaired) electrons. The molecule has 0 atom stereocenters. The number of rotatable bonds is 8. The number of halogens is 1. The Hall–Kier alpha value is -1.11. The third kappa shape index (κ3) is 5.03. The number of primary amides is 1. The monoisotopic (exact) mass is 315 g/mol. The maximum atomic E-state index is 11.0. The first-order valence-corrected chi connectivity index (χ1v) is 6.47. The van der Waals surface area contributed by atoms with Crippen molar-refractivity contribution in [3.8, 4) is 0 Å². The van der Waals surface area contributed by atoms with Crippen LogP contribution in [0.4, 0.5) is 5.69 Å². The van der Waals surface area contributed by atoms with E-state index in [0.29, 0.717) is 12.2 Å². The second kappa shape index (κ2) is 8.07. The summed E-state index contributed by atoms with van der Waals surface area (Å²) < 4.78 is 5.76. The average molecular weight is 316 g/mol. The number of nitrogens with two attached hydrogens (primary N) is 1. The van der Waals surface area contributed by atoms with Crippen LogP contribution in [-0.2, 0) is 4.74 Å². The van der Waals surface area contributed by atoms with Crippen molar-refractivity contribution in [3.63, 3.8) is 0 Å². The number of nitrogens with one attached hydrogen (secondary N) is 2. The zero-order valence-electron chi connectivity index (χ0n) is 10.3. The fraction of sp³-hybridized carbons (Fsp3) is 0.417. The van der Waals surface area contributed by atoms with E-state index < -0.39 is 5.91 Å². The molecule has 0 aliphatic heterocycles. The van der Waals surface area contributed by atoms with Crippen LogP contribution in [0.15, 0.2) is 22.7 Å². The Labute approximate surface area is 115 Å². The van der Waals surface area contributed by atoms with E-state index in [1.54, 1.807) is 19.2 Å². The molecule has 100 valence electrons. The van der Waals surface area contributed by atoms with Crippen molar-refractivity contribution in [3.05, 3.63) is 28.2 Å². The summed E-state index contributed by atoms with van der Waals surface area (Å²) in [4.78, 5) is 11.0. The predicted molar refractivity (Wildman–Crippen MR) is 75.9 cm³/mol. The highest BCUT2D eigenvalue weighted by atomic mass is 79.9. The number of amides is 1. The largest absolute Gasteiger partial charge is 0.383 e. The average Bonchev–Trinajstić information content (AvgIpc) is 2.35. The lowest BCUT2D eigenvalue weighted by Crippen LogP contribution is -2.25. The molecule has 0 aliphatic rings. The Morgan fingerprint density at radius 2 is 2.17 bits per heavy atom. The molecule has 0 fully saturated rings. The highest BCUT2D eigenvalue weighted by molar-refractivity contribution is 9.10. The number of ether oxygens (including phenoxy) is 1. The molecule has 18 heavy (non-hydrogen) atoms. The highest BCUT2D eigenvalue weighted by Gasteiger charge is 2.04. The van der Waals surface area contributed by atoms with Crippen LogP contribution in [0.2, 0.25) is 0 Å². The maximum absolute atomic E-state index is 11.0. The van der Waals surface area contributed by atoms with Crippen molar-refractivity contribution in [1.29, 1.82) is 0 Å². The van der Waals surface area contributed by atoms with Gasteiger partial charge in [-0.05, 0) is 34.1 Å². The van der Waals surface area contributed by atoms with E-state index in [1.165, 1.54) is 0 Å². The Morgan fingerprint density at radius 1 is 1.39 bits per heavy atom. The summed E-state index contributed by atoms with van der Waals surface area (Å²) in [5.41, 5.74) is 6.63. The van der Waals surface area contributed by atoms with Crippen molar-refractivity contribution < 1.29 is 9.53 Å². The lowest BCUT2D eigenvalue weighted by molar-refractivity contribution is 0.100. The number of hydrogen-bond acceptors (Lipinski definition) is 4. The van der Waals surface area contributed by atoms with Gasteiger partial charge in [-0.2, -0.15) is 0 Å². The third-order valence-corrected chi connectivity index (χ3v) is 3.01. The Bertz CT molecular complexity index is 399. The minimum Gasteiger partial charge on any atom is -0.383 e. The molecular formula is C12H18BrN3O2. The third-order valence-electron chi connectivity index (χ3n) is 2.35. The lowest BCUT2D eigenvalue weighted by atomic mass is 10.2. The first-order valence-electron chi connectivity index (χ1n) is 5.68. The predicted octanol–water partition coefficient (Wildman–Crippen LogP) is 1.20. The zero-order chi connectivity index (χ0) is 13.4. The molecule has 0 saturated heterocycles. The molecule has 0 aliphatic carbocycles. The van der Waals surface area contributed by atoms with Crippen LogP contribution in [0.3, 0.4) is 0 Å². The fourth-order valence-electron chi connectivity index (χ4n) is 1.40. The summed E-state index contributed by atoms with van der Waals surface area (Å²) in [6.07, 6.45) is 0. The summed E-state index contributed by atoms with van der Waals surface area (Å²) >= 11 is 3.40. The Morgan fingerprint density at radius 3 is 2.78 bits per heavy atom. The van der Waals surface area contributed by atoms with Gasteiger partial charge in [0.05, 0.1) is 6.61 Å². The first kappa shape index (κ1) is 14.9. The summed E-state index contributed by atoms with van der Waals surface area (Å²) in [7, 11) is 1.68. The second-order valence-electron chi connectivity index (χ2n) is 3.73. The molecule has 6 heteroatoms. The van der Waals surface area contributed by atoms with E-state index in [0.717, 1.165) is 29.8 Å². The molecule has 0 heterocycles. The normalized spacial score (nSPS) is 10.3. The molecule has 1 aromatic carbocycles. The minimum absolute atomic E-state index is 0.427. The molecule has 1 rings (SSSR count). The van der Waals surface area contributed by atoms with Gasteiger partial charge in [0.25, 0.3) is 0 Å². The highest BCUT2D eigenvalue weighted by Crippen LogP contribution is 2.23. The first-order chi connectivity index (χ1) is 8.65. The zero-order valence-corrected chi connectivity index (χ0v) is 11.9. The van der Waals surface area contributed by atoms with Crippen LogP contribution in [0.1, 0.15) is 10.4 Å². The Balaban J connectivity index is 2.36. The molecule has 0 saturated carbocycles. The van der Waals surface area contributed by atoms with Crippen molar-refractivity contribution in [2.45, 2.75) is 0 Å². The quantitative estimate of drug-likeness (QED) is 0.630. The molecule has 5 nitrogen and oxygen atoms in total. The van der Waals surface area contributed by atoms with E-state index >= 15 is 0 Å². The van der Waals surface area contributed by atoms with Gasteiger partial charge in [-0.3, -0.25) is 4.79 Å².